The van der Waals surface area contributed by atoms with E-state index in [-0.39, 0.29) is 18.7 Å². The third-order valence-corrected chi connectivity index (χ3v) is 5.19. The summed E-state index contributed by atoms with van der Waals surface area (Å²) in [6.45, 7) is 0.266. The number of fused-ring (bicyclic) bond motifs is 3. The number of ether oxygens (including phenoxy) is 2. The molecule has 134 valence electrons. The molecule has 2 aromatic carbocycles. The van der Waals surface area contributed by atoms with Gasteiger partial charge >= 0.3 is 0 Å². The van der Waals surface area contributed by atoms with Gasteiger partial charge in [0.05, 0.1) is 6.04 Å². The largest absolute Gasteiger partial charge is 0.454 e. The van der Waals surface area contributed by atoms with Crippen molar-refractivity contribution in [2.45, 2.75) is 18.9 Å². The Morgan fingerprint density at radius 3 is 2.74 bits per heavy atom. The van der Waals surface area contributed by atoms with Gasteiger partial charge in [0.25, 0.3) is 0 Å². The van der Waals surface area contributed by atoms with Crippen molar-refractivity contribution in [2.24, 2.45) is 0 Å². The number of hydrogen-bond acceptors (Lipinski definition) is 3. The highest BCUT2D eigenvalue weighted by atomic mass is 16.7. The van der Waals surface area contributed by atoms with Crippen molar-refractivity contribution in [2.75, 3.05) is 6.79 Å². The third-order valence-electron chi connectivity index (χ3n) is 5.19. The van der Waals surface area contributed by atoms with E-state index in [0.717, 1.165) is 17.1 Å². The predicted octanol–water partition coefficient (Wildman–Crippen LogP) is 3.80. The Morgan fingerprint density at radius 2 is 1.89 bits per heavy atom. The lowest BCUT2D eigenvalue weighted by atomic mass is 9.75. The Balaban J connectivity index is 1.21. The summed E-state index contributed by atoms with van der Waals surface area (Å²) in [7, 11) is 0. The van der Waals surface area contributed by atoms with Crippen LogP contribution in [0.4, 0.5) is 0 Å². The Morgan fingerprint density at radius 1 is 1.04 bits per heavy atom. The zero-order valence-electron chi connectivity index (χ0n) is 14.8. The zero-order valence-corrected chi connectivity index (χ0v) is 14.8. The van der Waals surface area contributed by atoms with Gasteiger partial charge < -0.3 is 14.8 Å². The molecule has 1 heterocycles. The predicted molar refractivity (Wildman–Crippen MR) is 103 cm³/mol. The number of carbonyl (C=O) groups is 1. The summed E-state index contributed by atoms with van der Waals surface area (Å²) in [6, 6.07) is 16.1. The minimum Gasteiger partial charge on any atom is -0.454 e. The molecule has 27 heavy (non-hydrogen) atoms. The number of hydrogen-bond donors (Lipinski definition) is 1. The topological polar surface area (TPSA) is 47.6 Å². The average molecular weight is 357 g/mol. The molecule has 4 heteroatoms. The van der Waals surface area contributed by atoms with E-state index >= 15 is 0 Å². The van der Waals surface area contributed by atoms with E-state index in [1.54, 1.807) is 0 Å². The van der Waals surface area contributed by atoms with Crippen molar-refractivity contribution in [3.05, 3.63) is 89.0 Å². The zero-order chi connectivity index (χ0) is 18.2. The normalized spacial score (nSPS) is 18.8. The Bertz CT molecular complexity index is 999. The van der Waals surface area contributed by atoms with Crippen LogP contribution in [0.2, 0.25) is 0 Å². The van der Waals surface area contributed by atoms with Gasteiger partial charge in [-0.3, -0.25) is 4.79 Å². The molecular weight excluding hydrogens is 338 g/mol. The Labute approximate surface area is 157 Å². The number of carbonyl (C=O) groups excluding carboxylic acids is 1. The molecule has 3 aliphatic rings. The number of benzene rings is 2. The molecule has 1 N–H and O–H groups in total. The Hall–Kier alpha value is -3.27. The van der Waals surface area contributed by atoms with E-state index in [1.165, 1.54) is 22.3 Å². The van der Waals surface area contributed by atoms with Crippen molar-refractivity contribution >= 4 is 11.5 Å². The van der Waals surface area contributed by atoms with Crippen LogP contribution in [-0.2, 0) is 11.2 Å². The van der Waals surface area contributed by atoms with Gasteiger partial charge in [0.2, 0.25) is 12.7 Å². The molecule has 0 saturated heterocycles. The first-order valence-electron chi connectivity index (χ1n) is 9.15. The lowest BCUT2D eigenvalue weighted by molar-refractivity contribution is -0.121. The SMILES string of the molecule is O=C(CCc1ccc2c(c1)OCO2)NC1c2ccc(-c3ccccc3)c1c2. The maximum atomic E-state index is 12.5. The molecular formula is C23H19NO3. The van der Waals surface area contributed by atoms with Crippen LogP contribution < -0.4 is 14.8 Å². The highest BCUT2D eigenvalue weighted by Crippen LogP contribution is 2.40. The summed E-state index contributed by atoms with van der Waals surface area (Å²) in [4.78, 5) is 12.5. The van der Waals surface area contributed by atoms with E-state index in [1.807, 2.05) is 36.4 Å². The third kappa shape index (κ3) is 2.93. The van der Waals surface area contributed by atoms with Crippen LogP contribution in [0.25, 0.3) is 5.57 Å². The molecule has 0 saturated carbocycles. The second-order valence-electron chi connectivity index (χ2n) is 6.90. The van der Waals surface area contributed by atoms with Crippen LogP contribution in [-0.4, -0.2) is 18.7 Å². The minimum absolute atomic E-state index is 0.00876. The van der Waals surface area contributed by atoms with Crippen LogP contribution in [0, 0.1) is 0 Å². The fraction of sp³-hybridized carbons (Fsp3) is 0.174. The van der Waals surface area contributed by atoms with Gasteiger partial charge in [0.15, 0.2) is 11.5 Å². The molecule has 1 unspecified atom stereocenters. The maximum absolute atomic E-state index is 12.5. The molecule has 1 atom stereocenters. The van der Waals surface area contributed by atoms with Crippen LogP contribution in [0.5, 0.6) is 11.5 Å². The molecule has 1 amide bonds. The quantitative estimate of drug-likeness (QED) is 0.885. The van der Waals surface area contributed by atoms with Gasteiger partial charge in [-0.2, -0.15) is 0 Å². The first-order chi connectivity index (χ1) is 13.3. The first-order valence-corrected chi connectivity index (χ1v) is 9.15. The number of aryl methyl sites for hydroxylation is 1. The highest BCUT2D eigenvalue weighted by Gasteiger charge is 2.33. The fourth-order valence-electron chi connectivity index (χ4n) is 3.71. The molecule has 5 rings (SSSR count). The van der Waals surface area contributed by atoms with Crippen molar-refractivity contribution in [1.82, 2.24) is 5.32 Å². The van der Waals surface area contributed by atoms with E-state index in [9.17, 15) is 4.79 Å². The molecule has 2 bridgehead atoms. The molecule has 2 aromatic rings. The number of nitrogens with one attached hydrogen (secondary N) is 1. The lowest BCUT2D eigenvalue weighted by Crippen LogP contribution is -2.43. The van der Waals surface area contributed by atoms with Gasteiger partial charge in [-0.25, -0.2) is 0 Å². The van der Waals surface area contributed by atoms with Gasteiger partial charge in [0, 0.05) is 6.42 Å². The van der Waals surface area contributed by atoms with Gasteiger partial charge in [-0.15, -0.1) is 0 Å². The molecule has 0 fully saturated rings. The van der Waals surface area contributed by atoms with Crippen LogP contribution in [0.3, 0.4) is 0 Å². The second-order valence-corrected chi connectivity index (χ2v) is 6.90. The summed E-state index contributed by atoms with van der Waals surface area (Å²) in [6.07, 6.45) is 7.51. The van der Waals surface area contributed by atoms with Crippen molar-refractivity contribution in [3.8, 4) is 11.5 Å². The van der Waals surface area contributed by atoms with Crippen molar-refractivity contribution in [1.29, 1.82) is 0 Å². The summed E-state index contributed by atoms with van der Waals surface area (Å²) in [5, 5.41) is 3.17. The summed E-state index contributed by atoms with van der Waals surface area (Å²) < 4.78 is 10.7. The van der Waals surface area contributed by atoms with E-state index in [4.69, 9.17) is 9.47 Å². The smallest absolute Gasteiger partial charge is 0.231 e. The standard InChI is InChI=1S/C23H19NO3/c25-22(11-7-15-6-10-20-21(12-15)27-14-26-20)24-23-17-8-9-18(19(23)13-17)16-4-2-1-3-5-16/h1-6,8-10,12-13,23H,7,11,14H2,(H,24,25). The molecule has 2 aliphatic carbocycles. The second kappa shape index (κ2) is 6.47. The number of amides is 1. The van der Waals surface area contributed by atoms with Gasteiger partial charge in [-0.1, -0.05) is 54.6 Å². The highest BCUT2D eigenvalue weighted by molar-refractivity contribution is 5.91. The molecule has 0 spiro atoms. The van der Waals surface area contributed by atoms with Crippen LogP contribution >= 0.6 is 0 Å². The fourth-order valence-corrected chi connectivity index (χ4v) is 3.71. The van der Waals surface area contributed by atoms with Crippen LogP contribution in [0.1, 0.15) is 17.5 Å². The van der Waals surface area contributed by atoms with Gasteiger partial charge in [-0.05, 0) is 46.4 Å². The molecule has 0 aromatic heterocycles. The summed E-state index contributed by atoms with van der Waals surface area (Å²) in [5.41, 5.74) is 5.80. The average Bonchev–Trinajstić information content (AvgIpc) is 3.19. The Kier molecular flexibility index (Phi) is 3.82. The van der Waals surface area contributed by atoms with Gasteiger partial charge in [0.1, 0.15) is 0 Å². The minimum atomic E-state index is 0.00876. The first kappa shape index (κ1) is 15.9. The monoisotopic (exact) mass is 357 g/mol. The molecule has 1 aliphatic heterocycles. The summed E-state index contributed by atoms with van der Waals surface area (Å²) >= 11 is 0. The van der Waals surface area contributed by atoms with E-state index in [2.05, 4.69) is 35.7 Å². The van der Waals surface area contributed by atoms with Crippen LogP contribution in [0.15, 0.2) is 77.9 Å². The lowest BCUT2D eigenvalue weighted by Gasteiger charge is -2.35. The molecule has 0 radical (unpaired) electrons. The summed E-state index contributed by atoms with van der Waals surface area (Å²) in [5.74, 6) is 1.59. The van der Waals surface area contributed by atoms with Crippen molar-refractivity contribution < 1.29 is 14.3 Å². The van der Waals surface area contributed by atoms with E-state index in [0.29, 0.717) is 12.8 Å². The number of rotatable bonds is 5. The van der Waals surface area contributed by atoms with Crippen molar-refractivity contribution in [3.63, 3.8) is 0 Å². The maximum Gasteiger partial charge on any atom is 0.231 e. The molecule has 4 nitrogen and oxygen atoms in total. The number of allylic oxidation sites excluding steroid dienone is 2. The van der Waals surface area contributed by atoms with E-state index < -0.39 is 0 Å².